The lowest BCUT2D eigenvalue weighted by Gasteiger charge is -2.47. The van der Waals surface area contributed by atoms with E-state index in [1.54, 1.807) is 0 Å². The van der Waals surface area contributed by atoms with Crippen LogP contribution in [-0.2, 0) is 0 Å². The number of hydrogen-bond donors (Lipinski definition) is 1. The van der Waals surface area contributed by atoms with E-state index in [9.17, 15) is 5.11 Å². The summed E-state index contributed by atoms with van der Waals surface area (Å²) in [6.07, 6.45) is 6.44. The highest BCUT2D eigenvalue weighted by Crippen LogP contribution is 2.51. The van der Waals surface area contributed by atoms with Gasteiger partial charge in [0.25, 0.3) is 0 Å². The first-order valence-corrected chi connectivity index (χ1v) is 7.50. The van der Waals surface area contributed by atoms with Crippen LogP contribution in [0.3, 0.4) is 0 Å². The Hall–Kier alpha value is 0.400. The summed E-state index contributed by atoms with van der Waals surface area (Å²) < 4.78 is 0.416. The van der Waals surface area contributed by atoms with E-state index in [4.69, 9.17) is 0 Å². The maximum absolute atomic E-state index is 10.4. The Morgan fingerprint density at radius 2 is 1.82 bits per heavy atom. The van der Waals surface area contributed by atoms with Crippen molar-refractivity contribution in [1.29, 1.82) is 0 Å². The lowest BCUT2D eigenvalue weighted by atomic mass is 9.66. The quantitative estimate of drug-likeness (QED) is 0.697. The van der Waals surface area contributed by atoms with E-state index in [2.05, 4.69) is 72.6 Å². The maximum atomic E-state index is 10.4. The standard InChI is InChI=1S/C14H22Br2O/c1-12(2,3)9-13(4,5)14(16)8-6-7-10(15)11(14)17/h6-8,11,17H,9H2,1-5H3. The zero-order valence-corrected chi connectivity index (χ0v) is 14.4. The summed E-state index contributed by atoms with van der Waals surface area (Å²) in [5, 5.41) is 10.4. The molecule has 0 saturated carbocycles. The molecule has 0 aliphatic heterocycles. The van der Waals surface area contributed by atoms with Crippen LogP contribution in [0.4, 0.5) is 0 Å². The van der Waals surface area contributed by atoms with E-state index >= 15 is 0 Å². The van der Waals surface area contributed by atoms with Crippen LogP contribution in [0.5, 0.6) is 0 Å². The molecule has 0 aromatic heterocycles. The van der Waals surface area contributed by atoms with Crippen molar-refractivity contribution in [2.24, 2.45) is 10.8 Å². The third-order valence-electron chi connectivity index (χ3n) is 3.26. The molecule has 3 heteroatoms. The molecule has 0 heterocycles. The zero-order chi connectivity index (χ0) is 13.5. The highest BCUT2D eigenvalue weighted by Gasteiger charge is 2.49. The molecule has 0 aromatic rings. The molecule has 1 rings (SSSR count). The summed E-state index contributed by atoms with van der Waals surface area (Å²) in [6.45, 7) is 11.1. The van der Waals surface area contributed by atoms with Gasteiger partial charge in [-0.2, -0.15) is 0 Å². The monoisotopic (exact) mass is 364 g/mol. The third-order valence-corrected chi connectivity index (χ3v) is 5.73. The summed E-state index contributed by atoms with van der Waals surface area (Å²) in [7, 11) is 0. The minimum atomic E-state index is -0.537. The number of hydrogen-bond acceptors (Lipinski definition) is 1. The van der Waals surface area contributed by atoms with Gasteiger partial charge in [0.2, 0.25) is 0 Å². The lowest BCUT2D eigenvalue weighted by molar-refractivity contribution is 0.0907. The van der Waals surface area contributed by atoms with E-state index in [-0.39, 0.29) is 10.8 Å². The Morgan fingerprint density at radius 1 is 1.29 bits per heavy atom. The average Bonchev–Trinajstić information content (AvgIpc) is 2.10. The van der Waals surface area contributed by atoms with E-state index < -0.39 is 10.4 Å². The molecule has 1 nitrogen and oxygen atoms in total. The molecule has 2 unspecified atom stereocenters. The van der Waals surface area contributed by atoms with Gasteiger partial charge in [-0.15, -0.1) is 0 Å². The van der Waals surface area contributed by atoms with Crippen molar-refractivity contribution in [3.8, 4) is 0 Å². The summed E-state index contributed by atoms with van der Waals surface area (Å²) in [6, 6.07) is 0. The summed E-state index contributed by atoms with van der Waals surface area (Å²) in [4.78, 5) is 0. The van der Waals surface area contributed by atoms with Crippen molar-refractivity contribution in [2.75, 3.05) is 0 Å². The Morgan fingerprint density at radius 3 is 2.29 bits per heavy atom. The highest BCUT2D eigenvalue weighted by molar-refractivity contribution is 9.12. The molecule has 1 aliphatic rings. The number of aliphatic hydroxyl groups is 1. The molecule has 0 bridgehead atoms. The molecule has 0 spiro atoms. The highest BCUT2D eigenvalue weighted by atomic mass is 79.9. The molecule has 1 aliphatic carbocycles. The lowest BCUT2D eigenvalue weighted by Crippen LogP contribution is -2.49. The number of alkyl halides is 1. The van der Waals surface area contributed by atoms with Crippen LogP contribution in [0.2, 0.25) is 0 Å². The van der Waals surface area contributed by atoms with Gasteiger partial charge < -0.3 is 5.11 Å². The fourth-order valence-corrected chi connectivity index (χ4v) is 4.08. The molecule has 0 fully saturated rings. The zero-order valence-electron chi connectivity index (χ0n) is 11.2. The minimum absolute atomic E-state index is 0.0472. The van der Waals surface area contributed by atoms with Gasteiger partial charge in [0.05, 0.1) is 4.32 Å². The van der Waals surface area contributed by atoms with Crippen LogP contribution < -0.4 is 0 Å². The van der Waals surface area contributed by atoms with Gasteiger partial charge in [-0.25, -0.2) is 0 Å². The molecule has 0 saturated heterocycles. The van der Waals surface area contributed by atoms with Gasteiger partial charge in [0.15, 0.2) is 0 Å². The van der Waals surface area contributed by atoms with Crippen molar-refractivity contribution in [3.05, 3.63) is 22.7 Å². The predicted molar refractivity (Wildman–Crippen MR) is 81.7 cm³/mol. The van der Waals surface area contributed by atoms with Crippen LogP contribution in [-0.4, -0.2) is 15.5 Å². The van der Waals surface area contributed by atoms with Gasteiger partial charge >= 0.3 is 0 Å². The molecule has 2 atom stereocenters. The normalized spacial score (nSPS) is 30.4. The number of allylic oxidation sites excluding steroid dienone is 2. The molecule has 98 valence electrons. The van der Waals surface area contributed by atoms with Crippen LogP contribution in [0, 0.1) is 10.8 Å². The average molecular weight is 366 g/mol. The number of halogens is 2. The van der Waals surface area contributed by atoms with Crippen molar-refractivity contribution in [3.63, 3.8) is 0 Å². The Balaban J connectivity index is 3.05. The minimum Gasteiger partial charge on any atom is -0.386 e. The van der Waals surface area contributed by atoms with Crippen LogP contribution in [0.25, 0.3) is 0 Å². The number of aliphatic hydroxyl groups excluding tert-OH is 1. The molecule has 0 aromatic carbocycles. The van der Waals surface area contributed by atoms with Crippen molar-refractivity contribution >= 4 is 31.9 Å². The Labute approximate surface area is 122 Å². The Bertz CT molecular complexity index is 350. The fourth-order valence-electron chi connectivity index (χ4n) is 2.72. The van der Waals surface area contributed by atoms with E-state index in [1.807, 2.05) is 12.2 Å². The SMILES string of the molecule is CC(C)(C)CC(C)(C)C1(Br)C=CC=C(Br)C1O. The first kappa shape index (κ1) is 15.5. The van der Waals surface area contributed by atoms with Gasteiger partial charge in [-0.3, -0.25) is 0 Å². The molecule has 1 N–H and O–H groups in total. The number of rotatable bonds is 2. The van der Waals surface area contributed by atoms with Gasteiger partial charge in [-0.05, 0) is 23.3 Å². The first-order chi connectivity index (χ1) is 7.50. The predicted octanol–water partition coefficient (Wildman–Crippen LogP) is 4.79. The summed E-state index contributed by atoms with van der Waals surface area (Å²) >= 11 is 7.20. The molecular weight excluding hydrogens is 344 g/mol. The van der Waals surface area contributed by atoms with Crippen molar-refractivity contribution < 1.29 is 5.11 Å². The van der Waals surface area contributed by atoms with Gasteiger partial charge in [0.1, 0.15) is 6.10 Å². The van der Waals surface area contributed by atoms with E-state index in [1.165, 1.54) is 0 Å². The first-order valence-electron chi connectivity index (χ1n) is 5.91. The fraction of sp³-hybridized carbons (Fsp3) is 0.714. The van der Waals surface area contributed by atoms with Crippen LogP contribution >= 0.6 is 31.9 Å². The second-order valence-electron chi connectivity index (χ2n) is 6.70. The largest absolute Gasteiger partial charge is 0.386 e. The smallest absolute Gasteiger partial charge is 0.105 e. The van der Waals surface area contributed by atoms with Crippen LogP contribution in [0.15, 0.2) is 22.7 Å². The summed E-state index contributed by atoms with van der Waals surface area (Å²) in [5.41, 5.74) is 0.180. The Kier molecular flexibility index (Phi) is 4.38. The maximum Gasteiger partial charge on any atom is 0.105 e. The van der Waals surface area contributed by atoms with E-state index in [0.717, 1.165) is 10.9 Å². The van der Waals surface area contributed by atoms with Crippen molar-refractivity contribution in [1.82, 2.24) is 0 Å². The van der Waals surface area contributed by atoms with E-state index in [0.29, 0.717) is 0 Å². The third kappa shape index (κ3) is 3.24. The molecule has 0 amide bonds. The van der Waals surface area contributed by atoms with Gasteiger partial charge in [0, 0.05) is 4.48 Å². The molecule has 0 radical (unpaired) electrons. The molecule has 17 heavy (non-hydrogen) atoms. The van der Waals surface area contributed by atoms with Crippen LogP contribution in [0.1, 0.15) is 41.0 Å². The summed E-state index contributed by atoms with van der Waals surface area (Å²) in [5.74, 6) is 0. The second kappa shape index (κ2) is 4.82. The second-order valence-corrected chi connectivity index (χ2v) is 8.93. The molecular formula is C14H22Br2O. The topological polar surface area (TPSA) is 20.2 Å². The van der Waals surface area contributed by atoms with Gasteiger partial charge in [-0.1, -0.05) is 78.6 Å². The van der Waals surface area contributed by atoms with Crippen molar-refractivity contribution in [2.45, 2.75) is 51.5 Å².